The van der Waals surface area contributed by atoms with Gasteiger partial charge in [0.1, 0.15) is 10.7 Å². The maximum absolute atomic E-state index is 4.21. The van der Waals surface area contributed by atoms with Gasteiger partial charge in [-0.1, -0.05) is 11.4 Å². The Morgan fingerprint density at radius 3 is 2.94 bits per heavy atom. The molecule has 0 spiro atoms. The summed E-state index contributed by atoms with van der Waals surface area (Å²) in [6, 6.07) is 0.561. The summed E-state index contributed by atoms with van der Waals surface area (Å²) in [5.41, 5.74) is 1.07. The van der Waals surface area contributed by atoms with E-state index in [9.17, 15) is 0 Å². The average Bonchev–Trinajstić information content (AvgIpc) is 2.74. The average molecular weight is 274 g/mol. The molecule has 1 aromatic heterocycles. The van der Waals surface area contributed by atoms with Gasteiger partial charge in [-0.15, -0.1) is 5.10 Å². The van der Waals surface area contributed by atoms with Crippen molar-refractivity contribution in [3.63, 3.8) is 0 Å². The molecule has 0 aliphatic carbocycles. The standard InChI is InChI=1S/C11H22N4S2/c1-5-6-12-11-10(13-14-17-11)7-15(3)9(2)8-16-4/h9,12H,5-8H2,1-4H3. The van der Waals surface area contributed by atoms with Gasteiger partial charge in [0.05, 0.1) is 0 Å². The first-order valence-electron chi connectivity index (χ1n) is 5.93. The molecule has 1 heterocycles. The van der Waals surface area contributed by atoms with E-state index in [0.717, 1.165) is 36.0 Å². The summed E-state index contributed by atoms with van der Waals surface area (Å²) in [5, 5.41) is 8.71. The second-order valence-electron chi connectivity index (χ2n) is 4.20. The lowest BCUT2D eigenvalue weighted by atomic mass is 10.3. The summed E-state index contributed by atoms with van der Waals surface area (Å²) < 4.78 is 4.03. The Hall–Kier alpha value is -0.330. The fourth-order valence-electron chi connectivity index (χ4n) is 1.45. The van der Waals surface area contributed by atoms with Gasteiger partial charge in [-0.3, -0.25) is 4.90 Å². The highest BCUT2D eigenvalue weighted by Gasteiger charge is 2.14. The molecular weight excluding hydrogens is 252 g/mol. The van der Waals surface area contributed by atoms with Gasteiger partial charge in [-0.25, -0.2) is 0 Å². The van der Waals surface area contributed by atoms with Crippen molar-refractivity contribution < 1.29 is 0 Å². The Morgan fingerprint density at radius 2 is 2.29 bits per heavy atom. The molecule has 0 radical (unpaired) electrons. The first kappa shape index (κ1) is 14.7. The Morgan fingerprint density at radius 1 is 1.53 bits per heavy atom. The number of hydrogen-bond acceptors (Lipinski definition) is 6. The minimum absolute atomic E-state index is 0.561. The van der Waals surface area contributed by atoms with Crippen LogP contribution in [0.1, 0.15) is 26.0 Å². The number of anilines is 1. The van der Waals surface area contributed by atoms with E-state index in [0.29, 0.717) is 6.04 Å². The third kappa shape index (κ3) is 4.81. The highest BCUT2D eigenvalue weighted by molar-refractivity contribution is 7.98. The molecule has 0 fully saturated rings. The Kier molecular flexibility index (Phi) is 6.84. The van der Waals surface area contributed by atoms with Gasteiger partial charge in [0.2, 0.25) is 0 Å². The largest absolute Gasteiger partial charge is 0.374 e. The third-order valence-electron chi connectivity index (χ3n) is 2.65. The van der Waals surface area contributed by atoms with E-state index in [1.54, 1.807) is 0 Å². The predicted molar refractivity (Wildman–Crippen MR) is 78.0 cm³/mol. The van der Waals surface area contributed by atoms with Crippen LogP contribution in [0, 0.1) is 0 Å². The fraction of sp³-hybridized carbons (Fsp3) is 0.818. The summed E-state index contributed by atoms with van der Waals surface area (Å²) in [7, 11) is 2.14. The van der Waals surface area contributed by atoms with Crippen LogP contribution in [0.4, 0.5) is 5.00 Å². The third-order valence-corrected chi connectivity index (χ3v) is 4.19. The van der Waals surface area contributed by atoms with Crippen LogP contribution in [0.5, 0.6) is 0 Å². The molecule has 6 heteroatoms. The van der Waals surface area contributed by atoms with E-state index in [2.05, 4.69) is 47.0 Å². The monoisotopic (exact) mass is 274 g/mol. The van der Waals surface area contributed by atoms with Crippen molar-refractivity contribution in [3.05, 3.63) is 5.69 Å². The molecule has 4 nitrogen and oxygen atoms in total. The quantitative estimate of drug-likeness (QED) is 0.789. The fourth-order valence-corrected chi connectivity index (χ4v) is 2.78. The smallest absolute Gasteiger partial charge is 0.134 e. The van der Waals surface area contributed by atoms with Crippen LogP contribution < -0.4 is 5.32 Å². The molecule has 0 amide bonds. The van der Waals surface area contributed by atoms with Gasteiger partial charge >= 0.3 is 0 Å². The van der Waals surface area contributed by atoms with Crippen molar-refractivity contribution in [3.8, 4) is 0 Å². The van der Waals surface area contributed by atoms with Gasteiger partial charge in [-0.2, -0.15) is 11.8 Å². The molecule has 1 N–H and O–H groups in total. The van der Waals surface area contributed by atoms with Crippen LogP contribution in [-0.4, -0.2) is 46.1 Å². The molecule has 1 rings (SSSR count). The topological polar surface area (TPSA) is 41.1 Å². The lowest BCUT2D eigenvalue weighted by Crippen LogP contribution is -2.30. The highest BCUT2D eigenvalue weighted by Crippen LogP contribution is 2.20. The molecule has 0 aliphatic heterocycles. The number of nitrogens with one attached hydrogen (secondary N) is 1. The number of aromatic nitrogens is 2. The number of nitrogens with zero attached hydrogens (tertiary/aromatic N) is 3. The van der Waals surface area contributed by atoms with Crippen molar-refractivity contribution in [1.82, 2.24) is 14.5 Å². The SMILES string of the molecule is CCCNc1snnc1CN(C)C(C)CSC. The number of rotatable bonds is 8. The van der Waals surface area contributed by atoms with Crippen LogP contribution in [-0.2, 0) is 6.54 Å². The minimum atomic E-state index is 0.561. The van der Waals surface area contributed by atoms with Crippen molar-refractivity contribution in [2.75, 3.05) is 30.9 Å². The van der Waals surface area contributed by atoms with Crippen LogP contribution in [0.15, 0.2) is 0 Å². The van der Waals surface area contributed by atoms with Gasteiger partial charge < -0.3 is 5.32 Å². The van der Waals surface area contributed by atoms with Gasteiger partial charge in [-0.05, 0) is 26.6 Å². The van der Waals surface area contributed by atoms with Crippen LogP contribution in [0.2, 0.25) is 0 Å². The molecule has 1 atom stereocenters. The van der Waals surface area contributed by atoms with E-state index in [4.69, 9.17) is 0 Å². The first-order valence-corrected chi connectivity index (χ1v) is 8.10. The van der Waals surface area contributed by atoms with E-state index >= 15 is 0 Å². The van der Waals surface area contributed by atoms with E-state index in [1.807, 2.05) is 11.8 Å². The number of hydrogen-bond donors (Lipinski definition) is 1. The molecule has 0 bridgehead atoms. The molecule has 98 valence electrons. The number of thioether (sulfide) groups is 1. The molecule has 17 heavy (non-hydrogen) atoms. The second kappa shape index (κ2) is 7.89. The normalized spacial score (nSPS) is 13.0. The van der Waals surface area contributed by atoms with E-state index in [1.165, 1.54) is 11.5 Å². The lowest BCUT2D eigenvalue weighted by Gasteiger charge is -2.23. The van der Waals surface area contributed by atoms with Crippen LogP contribution in [0.3, 0.4) is 0 Å². The molecule has 0 aliphatic rings. The second-order valence-corrected chi connectivity index (χ2v) is 5.86. The molecule has 0 saturated carbocycles. The lowest BCUT2D eigenvalue weighted by molar-refractivity contribution is 0.267. The molecule has 1 aromatic rings. The Bertz CT molecular complexity index is 316. The Labute approximate surface area is 112 Å². The molecule has 0 aromatic carbocycles. The van der Waals surface area contributed by atoms with E-state index < -0.39 is 0 Å². The summed E-state index contributed by atoms with van der Waals surface area (Å²) in [4.78, 5) is 2.32. The summed E-state index contributed by atoms with van der Waals surface area (Å²) in [6.07, 6.45) is 3.26. The minimum Gasteiger partial charge on any atom is -0.374 e. The van der Waals surface area contributed by atoms with Crippen molar-refractivity contribution in [2.45, 2.75) is 32.9 Å². The molecule has 0 saturated heterocycles. The maximum Gasteiger partial charge on any atom is 0.134 e. The van der Waals surface area contributed by atoms with Gasteiger partial charge in [0.25, 0.3) is 0 Å². The van der Waals surface area contributed by atoms with Crippen LogP contribution >= 0.6 is 23.3 Å². The first-order chi connectivity index (χ1) is 8.19. The summed E-state index contributed by atoms with van der Waals surface area (Å²) in [5.74, 6) is 1.14. The zero-order valence-corrected chi connectivity index (χ0v) is 12.7. The summed E-state index contributed by atoms with van der Waals surface area (Å²) in [6.45, 7) is 6.26. The molecule has 1 unspecified atom stereocenters. The zero-order chi connectivity index (χ0) is 12.7. The zero-order valence-electron chi connectivity index (χ0n) is 11.1. The predicted octanol–water partition coefficient (Wildman–Crippen LogP) is 2.54. The van der Waals surface area contributed by atoms with Crippen LogP contribution in [0.25, 0.3) is 0 Å². The maximum atomic E-state index is 4.21. The van der Waals surface area contributed by atoms with Crippen molar-refractivity contribution in [2.24, 2.45) is 0 Å². The van der Waals surface area contributed by atoms with Gasteiger partial charge in [0, 0.05) is 36.4 Å². The van der Waals surface area contributed by atoms with Crippen molar-refractivity contribution >= 4 is 28.3 Å². The van der Waals surface area contributed by atoms with E-state index in [-0.39, 0.29) is 0 Å². The van der Waals surface area contributed by atoms with Crippen molar-refractivity contribution in [1.29, 1.82) is 0 Å². The molecular formula is C11H22N4S2. The van der Waals surface area contributed by atoms with Gasteiger partial charge in [0.15, 0.2) is 0 Å². The highest BCUT2D eigenvalue weighted by atomic mass is 32.2. The Balaban J connectivity index is 2.52. The summed E-state index contributed by atoms with van der Waals surface area (Å²) >= 11 is 3.33.